The number of thiazole rings is 1. The van der Waals surface area contributed by atoms with Crippen LogP contribution in [0.2, 0.25) is 0 Å². The average molecular weight is 210 g/mol. The Morgan fingerprint density at radius 2 is 2.29 bits per heavy atom. The topological polar surface area (TPSA) is 59.1 Å². The van der Waals surface area contributed by atoms with Gasteiger partial charge in [-0.15, -0.1) is 0 Å². The third-order valence-corrected chi connectivity index (χ3v) is 3.04. The lowest BCUT2D eigenvalue weighted by Gasteiger charge is -1.96. The van der Waals surface area contributed by atoms with Crippen LogP contribution in [0, 0.1) is 5.92 Å². The summed E-state index contributed by atoms with van der Waals surface area (Å²) in [5, 5.41) is 3.22. The van der Waals surface area contributed by atoms with E-state index >= 15 is 0 Å². The Labute approximate surface area is 85.3 Å². The molecule has 1 saturated carbocycles. The summed E-state index contributed by atoms with van der Waals surface area (Å²) >= 11 is 1.22. The van der Waals surface area contributed by atoms with Crippen molar-refractivity contribution < 1.29 is 9.59 Å². The number of rotatable bonds is 3. The van der Waals surface area contributed by atoms with E-state index in [-0.39, 0.29) is 17.6 Å². The summed E-state index contributed by atoms with van der Waals surface area (Å²) in [6, 6.07) is 0. The van der Waals surface area contributed by atoms with Crippen LogP contribution in [-0.2, 0) is 4.79 Å². The van der Waals surface area contributed by atoms with Crippen molar-refractivity contribution in [1.82, 2.24) is 4.98 Å². The van der Waals surface area contributed by atoms with Crippen molar-refractivity contribution in [2.24, 2.45) is 5.92 Å². The van der Waals surface area contributed by atoms with Gasteiger partial charge < -0.3 is 5.32 Å². The molecule has 4 nitrogen and oxygen atoms in total. The normalized spacial score (nSPS) is 15.2. The Kier molecular flexibility index (Phi) is 2.33. The Hall–Kier alpha value is -1.23. The quantitative estimate of drug-likeness (QED) is 0.772. The first-order valence-corrected chi connectivity index (χ1v) is 5.26. The number of ketones is 1. The number of aromatic nitrogens is 1. The molecule has 1 N–H and O–H groups in total. The van der Waals surface area contributed by atoms with Gasteiger partial charge in [-0.1, -0.05) is 11.3 Å². The SMILES string of the molecule is CC(=O)c1cnc(NC(=O)C2CC2)s1. The molecule has 1 aliphatic carbocycles. The molecule has 5 heteroatoms. The van der Waals surface area contributed by atoms with Crippen molar-refractivity contribution in [3.8, 4) is 0 Å². The smallest absolute Gasteiger partial charge is 0.229 e. The van der Waals surface area contributed by atoms with Gasteiger partial charge in [0, 0.05) is 12.8 Å². The van der Waals surface area contributed by atoms with Crippen LogP contribution < -0.4 is 5.32 Å². The van der Waals surface area contributed by atoms with Gasteiger partial charge >= 0.3 is 0 Å². The van der Waals surface area contributed by atoms with Gasteiger partial charge in [0.2, 0.25) is 5.91 Å². The van der Waals surface area contributed by atoms with Crippen molar-refractivity contribution in [1.29, 1.82) is 0 Å². The summed E-state index contributed by atoms with van der Waals surface area (Å²) in [5.74, 6) is 0.170. The van der Waals surface area contributed by atoms with Gasteiger partial charge in [0.15, 0.2) is 10.9 Å². The van der Waals surface area contributed by atoms with Crippen molar-refractivity contribution in [2.45, 2.75) is 19.8 Å². The van der Waals surface area contributed by atoms with Crippen molar-refractivity contribution in [3.05, 3.63) is 11.1 Å². The standard InChI is InChI=1S/C9H10N2O2S/c1-5(12)7-4-10-9(14-7)11-8(13)6-2-3-6/h4,6H,2-3H2,1H3,(H,10,11,13). The molecule has 0 aromatic carbocycles. The highest BCUT2D eigenvalue weighted by molar-refractivity contribution is 7.17. The minimum atomic E-state index is -0.0191. The maximum absolute atomic E-state index is 11.3. The number of Topliss-reactive ketones (excluding diaryl/α,β-unsaturated/α-hetero) is 1. The molecule has 1 aromatic heterocycles. The van der Waals surface area contributed by atoms with E-state index < -0.39 is 0 Å². The Morgan fingerprint density at radius 1 is 1.57 bits per heavy atom. The van der Waals surface area contributed by atoms with E-state index in [1.807, 2.05) is 0 Å². The molecule has 14 heavy (non-hydrogen) atoms. The number of nitrogens with zero attached hydrogens (tertiary/aromatic N) is 1. The zero-order valence-corrected chi connectivity index (χ0v) is 8.56. The lowest BCUT2D eigenvalue weighted by Crippen LogP contribution is -2.12. The second kappa shape index (κ2) is 3.49. The van der Waals surface area contributed by atoms with Crippen LogP contribution in [-0.4, -0.2) is 16.7 Å². The first-order chi connectivity index (χ1) is 6.66. The highest BCUT2D eigenvalue weighted by Crippen LogP contribution is 2.30. The van der Waals surface area contributed by atoms with Gasteiger partial charge in [-0.2, -0.15) is 0 Å². The highest BCUT2D eigenvalue weighted by Gasteiger charge is 2.30. The van der Waals surface area contributed by atoms with Gasteiger partial charge in [-0.25, -0.2) is 4.98 Å². The fraction of sp³-hybridized carbons (Fsp3) is 0.444. The van der Waals surface area contributed by atoms with Gasteiger partial charge in [0.05, 0.1) is 11.1 Å². The molecule has 0 aliphatic heterocycles. The summed E-state index contributed by atoms with van der Waals surface area (Å²) in [4.78, 5) is 26.8. The van der Waals surface area contributed by atoms with Crippen LogP contribution in [0.3, 0.4) is 0 Å². The predicted molar refractivity (Wildman–Crippen MR) is 53.5 cm³/mol. The highest BCUT2D eigenvalue weighted by atomic mass is 32.1. The summed E-state index contributed by atoms with van der Waals surface area (Å²) in [6.07, 6.45) is 3.43. The molecule has 1 heterocycles. The maximum atomic E-state index is 11.3. The molecule has 1 fully saturated rings. The van der Waals surface area contributed by atoms with Crippen LogP contribution >= 0.6 is 11.3 Å². The average Bonchev–Trinajstić information content (AvgIpc) is 2.87. The zero-order valence-electron chi connectivity index (χ0n) is 7.74. The van der Waals surface area contributed by atoms with E-state index in [1.165, 1.54) is 24.5 Å². The number of hydrogen-bond donors (Lipinski definition) is 1. The van der Waals surface area contributed by atoms with E-state index in [1.54, 1.807) is 0 Å². The summed E-state index contributed by atoms with van der Waals surface area (Å²) in [7, 11) is 0. The number of hydrogen-bond acceptors (Lipinski definition) is 4. The van der Waals surface area contributed by atoms with E-state index in [0.717, 1.165) is 12.8 Å². The van der Waals surface area contributed by atoms with Crippen LogP contribution in [0.15, 0.2) is 6.20 Å². The number of nitrogens with one attached hydrogen (secondary N) is 1. The first kappa shape index (κ1) is 9.33. The second-order valence-corrected chi connectivity index (χ2v) is 4.38. The van der Waals surface area contributed by atoms with E-state index in [2.05, 4.69) is 10.3 Å². The molecule has 0 unspecified atom stereocenters. The molecule has 0 spiro atoms. The molecule has 1 aliphatic rings. The van der Waals surface area contributed by atoms with Crippen LogP contribution in [0.1, 0.15) is 29.4 Å². The molecule has 0 bridgehead atoms. The first-order valence-electron chi connectivity index (χ1n) is 4.44. The zero-order chi connectivity index (χ0) is 10.1. The van der Waals surface area contributed by atoms with Crippen molar-refractivity contribution >= 4 is 28.2 Å². The van der Waals surface area contributed by atoms with E-state index in [9.17, 15) is 9.59 Å². The monoisotopic (exact) mass is 210 g/mol. The van der Waals surface area contributed by atoms with Crippen LogP contribution in [0.5, 0.6) is 0 Å². The number of amides is 1. The number of carbonyl (C=O) groups excluding carboxylic acids is 2. The summed E-state index contributed by atoms with van der Waals surface area (Å²) in [6.45, 7) is 1.49. The Morgan fingerprint density at radius 3 is 2.79 bits per heavy atom. The van der Waals surface area contributed by atoms with Crippen molar-refractivity contribution in [3.63, 3.8) is 0 Å². The lowest BCUT2D eigenvalue weighted by atomic mass is 10.4. The minimum Gasteiger partial charge on any atom is -0.302 e. The van der Waals surface area contributed by atoms with Crippen LogP contribution in [0.25, 0.3) is 0 Å². The molecular weight excluding hydrogens is 200 g/mol. The number of anilines is 1. The number of carbonyl (C=O) groups is 2. The van der Waals surface area contributed by atoms with E-state index in [4.69, 9.17) is 0 Å². The molecular formula is C9H10N2O2S. The minimum absolute atomic E-state index is 0.0191. The van der Waals surface area contributed by atoms with Gasteiger partial charge in [-0.3, -0.25) is 9.59 Å². The lowest BCUT2D eigenvalue weighted by molar-refractivity contribution is -0.117. The summed E-state index contributed by atoms with van der Waals surface area (Å²) < 4.78 is 0. The predicted octanol–water partition coefficient (Wildman–Crippen LogP) is 1.69. The molecule has 74 valence electrons. The molecule has 1 aromatic rings. The molecule has 2 rings (SSSR count). The molecule has 1 amide bonds. The van der Waals surface area contributed by atoms with Crippen LogP contribution in [0.4, 0.5) is 5.13 Å². The van der Waals surface area contributed by atoms with E-state index in [0.29, 0.717) is 10.0 Å². The van der Waals surface area contributed by atoms with Gasteiger partial charge in [0.25, 0.3) is 0 Å². The third kappa shape index (κ3) is 1.98. The second-order valence-electron chi connectivity index (χ2n) is 3.35. The largest absolute Gasteiger partial charge is 0.302 e. The van der Waals surface area contributed by atoms with Gasteiger partial charge in [0.1, 0.15) is 0 Å². The third-order valence-electron chi connectivity index (χ3n) is 2.03. The Balaban J connectivity index is 2.02. The molecule has 0 radical (unpaired) electrons. The Bertz CT molecular complexity index is 382. The summed E-state index contributed by atoms with van der Waals surface area (Å²) in [5.41, 5.74) is 0. The molecule has 0 atom stereocenters. The maximum Gasteiger partial charge on any atom is 0.229 e. The fourth-order valence-corrected chi connectivity index (χ4v) is 1.76. The fourth-order valence-electron chi connectivity index (χ4n) is 1.05. The van der Waals surface area contributed by atoms with Crippen molar-refractivity contribution in [2.75, 3.05) is 5.32 Å². The van der Waals surface area contributed by atoms with Gasteiger partial charge in [-0.05, 0) is 12.8 Å². The molecule has 0 saturated heterocycles.